The Kier molecular flexibility index (Phi) is 5.76. The van der Waals surface area contributed by atoms with E-state index in [0.29, 0.717) is 17.0 Å². The number of rotatable bonds is 5. The van der Waals surface area contributed by atoms with E-state index in [1.165, 1.54) is 13.2 Å². The number of carbonyl (C=O) groups is 2. The van der Waals surface area contributed by atoms with Crippen LogP contribution in [0.25, 0.3) is 0 Å². The Hall–Kier alpha value is -2.28. The number of nitrogens with one attached hydrogen (secondary N) is 1. The van der Waals surface area contributed by atoms with Gasteiger partial charge in [-0.2, -0.15) is 0 Å². The highest BCUT2D eigenvalue weighted by Crippen LogP contribution is 2.29. The lowest BCUT2D eigenvalue weighted by atomic mass is 9.98. The van der Waals surface area contributed by atoms with E-state index in [-0.39, 0.29) is 6.54 Å². The van der Waals surface area contributed by atoms with E-state index >= 15 is 0 Å². The number of hydrogen-bond donors (Lipinski definition) is 3. The molecule has 22 heavy (non-hydrogen) atoms. The molecule has 0 aliphatic heterocycles. The summed E-state index contributed by atoms with van der Waals surface area (Å²) in [7, 11) is 1.42. The largest absolute Gasteiger partial charge is 0.496 e. The highest BCUT2D eigenvalue weighted by molar-refractivity contribution is 5.86. The van der Waals surface area contributed by atoms with Crippen LogP contribution in [0.5, 0.6) is 5.75 Å². The molecule has 1 aromatic rings. The van der Waals surface area contributed by atoms with E-state index in [9.17, 15) is 9.59 Å². The number of amides is 1. The van der Waals surface area contributed by atoms with Crippen molar-refractivity contribution in [2.45, 2.75) is 32.3 Å². The summed E-state index contributed by atoms with van der Waals surface area (Å²) in [5, 5.41) is 11.7. The quantitative estimate of drug-likeness (QED) is 0.768. The molecule has 1 atom stereocenters. The molecule has 1 amide bonds. The predicted molar refractivity (Wildman–Crippen MR) is 82.3 cm³/mol. The molecule has 7 heteroatoms. The molecule has 4 N–H and O–H groups in total. The van der Waals surface area contributed by atoms with Gasteiger partial charge in [-0.1, -0.05) is 6.07 Å². The molecule has 0 aliphatic rings. The molecule has 0 aromatic heterocycles. The fourth-order valence-electron chi connectivity index (χ4n) is 1.86. The third-order valence-electron chi connectivity index (χ3n) is 2.79. The molecular weight excluding hydrogens is 288 g/mol. The van der Waals surface area contributed by atoms with Gasteiger partial charge >= 0.3 is 12.1 Å². The molecule has 0 heterocycles. The minimum Gasteiger partial charge on any atom is -0.496 e. The van der Waals surface area contributed by atoms with Gasteiger partial charge in [0.2, 0.25) is 0 Å². The number of carboxylic acids is 1. The fourth-order valence-corrected chi connectivity index (χ4v) is 1.86. The maximum Gasteiger partial charge on any atom is 0.412 e. The van der Waals surface area contributed by atoms with E-state index in [1.807, 2.05) is 0 Å². The van der Waals surface area contributed by atoms with E-state index in [0.717, 1.165) is 0 Å². The Labute approximate surface area is 129 Å². The molecular formula is C15H22N2O5. The van der Waals surface area contributed by atoms with Crippen molar-refractivity contribution >= 4 is 17.7 Å². The van der Waals surface area contributed by atoms with Crippen molar-refractivity contribution in [3.05, 3.63) is 23.8 Å². The second kappa shape index (κ2) is 7.13. The van der Waals surface area contributed by atoms with Crippen LogP contribution < -0.4 is 15.8 Å². The van der Waals surface area contributed by atoms with Gasteiger partial charge in [0.25, 0.3) is 0 Å². The first-order chi connectivity index (χ1) is 10.2. The van der Waals surface area contributed by atoms with E-state index in [2.05, 4.69) is 5.32 Å². The van der Waals surface area contributed by atoms with Crippen LogP contribution in [0.3, 0.4) is 0 Å². The number of nitrogens with two attached hydrogens (primary N) is 1. The Bertz CT molecular complexity index is 551. The van der Waals surface area contributed by atoms with Crippen LogP contribution in [-0.4, -0.2) is 36.4 Å². The zero-order chi connectivity index (χ0) is 16.9. The first-order valence-electron chi connectivity index (χ1n) is 6.78. The zero-order valence-corrected chi connectivity index (χ0v) is 13.2. The Morgan fingerprint density at radius 1 is 1.36 bits per heavy atom. The van der Waals surface area contributed by atoms with Crippen LogP contribution in [-0.2, 0) is 9.53 Å². The van der Waals surface area contributed by atoms with Crippen LogP contribution in [0.1, 0.15) is 32.3 Å². The molecule has 1 rings (SSSR count). The van der Waals surface area contributed by atoms with Crippen molar-refractivity contribution in [1.29, 1.82) is 0 Å². The van der Waals surface area contributed by atoms with Crippen molar-refractivity contribution in [3.8, 4) is 5.75 Å². The number of aliphatic carboxylic acids is 1. The molecule has 0 bridgehead atoms. The third-order valence-corrected chi connectivity index (χ3v) is 2.79. The molecule has 1 unspecified atom stereocenters. The maximum atomic E-state index is 11.7. The van der Waals surface area contributed by atoms with Crippen LogP contribution in [0.2, 0.25) is 0 Å². The van der Waals surface area contributed by atoms with Gasteiger partial charge in [0.05, 0.1) is 13.0 Å². The minimum atomic E-state index is -1.03. The van der Waals surface area contributed by atoms with Crippen LogP contribution >= 0.6 is 0 Å². The molecule has 7 nitrogen and oxygen atoms in total. The van der Waals surface area contributed by atoms with E-state index in [1.54, 1.807) is 32.9 Å². The summed E-state index contributed by atoms with van der Waals surface area (Å²) in [5.74, 6) is -1.56. The summed E-state index contributed by atoms with van der Waals surface area (Å²) in [6.45, 7) is 5.23. The average Bonchev–Trinajstić information content (AvgIpc) is 2.38. The monoisotopic (exact) mass is 310 g/mol. The highest BCUT2D eigenvalue weighted by Gasteiger charge is 2.23. The summed E-state index contributed by atoms with van der Waals surface area (Å²) in [5.41, 5.74) is 5.77. The SMILES string of the molecule is COc1cc(NC(=O)OC(C)(C)C)ccc1C(CN)C(=O)O. The topological polar surface area (TPSA) is 111 Å². The highest BCUT2D eigenvalue weighted by atomic mass is 16.6. The molecule has 122 valence electrons. The molecule has 0 saturated heterocycles. The lowest BCUT2D eigenvalue weighted by molar-refractivity contribution is -0.138. The number of carboxylic acid groups (broad SMARTS) is 1. The van der Waals surface area contributed by atoms with Gasteiger partial charge in [-0.05, 0) is 26.8 Å². The molecule has 0 radical (unpaired) electrons. The second-order valence-corrected chi connectivity index (χ2v) is 5.71. The van der Waals surface area contributed by atoms with Crippen LogP contribution in [0.15, 0.2) is 18.2 Å². The number of benzene rings is 1. The number of ether oxygens (including phenoxy) is 2. The van der Waals surface area contributed by atoms with Gasteiger partial charge in [0.1, 0.15) is 11.4 Å². The summed E-state index contributed by atoms with van der Waals surface area (Å²) >= 11 is 0. The molecule has 0 saturated carbocycles. The molecule has 0 spiro atoms. The summed E-state index contributed by atoms with van der Waals surface area (Å²) in [4.78, 5) is 22.9. The minimum absolute atomic E-state index is 0.0511. The molecule has 1 aromatic carbocycles. The first-order valence-corrected chi connectivity index (χ1v) is 6.78. The second-order valence-electron chi connectivity index (χ2n) is 5.71. The smallest absolute Gasteiger partial charge is 0.412 e. The molecule has 0 fully saturated rings. The van der Waals surface area contributed by atoms with Crippen molar-refractivity contribution < 1.29 is 24.2 Å². The summed E-state index contributed by atoms with van der Waals surface area (Å²) in [6.07, 6.45) is -0.601. The van der Waals surface area contributed by atoms with Gasteiger partial charge in [-0.15, -0.1) is 0 Å². The third kappa shape index (κ3) is 4.92. The van der Waals surface area contributed by atoms with Crippen LogP contribution in [0, 0.1) is 0 Å². The number of carbonyl (C=O) groups excluding carboxylic acids is 1. The van der Waals surface area contributed by atoms with Crippen molar-refractivity contribution in [2.24, 2.45) is 5.73 Å². The van der Waals surface area contributed by atoms with Crippen molar-refractivity contribution in [1.82, 2.24) is 0 Å². The van der Waals surface area contributed by atoms with Crippen LogP contribution in [0.4, 0.5) is 10.5 Å². The lowest BCUT2D eigenvalue weighted by Crippen LogP contribution is -2.27. The zero-order valence-electron chi connectivity index (χ0n) is 13.2. The predicted octanol–water partition coefficient (Wildman–Crippen LogP) is 2.17. The molecule has 0 aliphatic carbocycles. The van der Waals surface area contributed by atoms with Gasteiger partial charge in [0.15, 0.2) is 0 Å². The van der Waals surface area contributed by atoms with E-state index < -0.39 is 23.6 Å². The fraction of sp³-hybridized carbons (Fsp3) is 0.467. The number of anilines is 1. The van der Waals surface area contributed by atoms with Gasteiger partial charge in [0, 0.05) is 23.9 Å². The Morgan fingerprint density at radius 2 is 2.00 bits per heavy atom. The standard InChI is InChI=1S/C15H22N2O5/c1-15(2,3)22-14(20)17-9-5-6-10(12(7-9)21-4)11(8-16)13(18)19/h5-7,11H,8,16H2,1-4H3,(H,17,20)(H,18,19). The van der Waals surface area contributed by atoms with Gasteiger partial charge in [-0.3, -0.25) is 10.1 Å². The number of methoxy groups -OCH3 is 1. The lowest BCUT2D eigenvalue weighted by Gasteiger charge is -2.20. The van der Waals surface area contributed by atoms with Gasteiger partial charge < -0.3 is 20.3 Å². The summed E-state index contributed by atoms with van der Waals surface area (Å²) < 4.78 is 10.3. The normalized spacial score (nSPS) is 12.4. The van der Waals surface area contributed by atoms with Crippen molar-refractivity contribution in [2.75, 3.05) is 19.0 Å². The summed E-state index contributed by atoms with van der Waals surface area (Å²) in [6, 6.07) is 4.68. The Balaban J connectivity index is 2.98. The first kappa shape index (κ1) is 17.8. The van der Waals surface area contributed by atoms with E-state index in [4.69, 9.17) is 20.3 Å². The Morgan fingerprint density at radius 3 is 2.45 bits per heavy atom. The number of hydrogen-bond acceptors (Lipinski definition) is 5. The van der Waals surface area contributed by atoms with Gasteiger partial charge in [-0.25, -0.2) is 4.79 Å². The average molecular weight is 310 g/mol. The van der Waals surface area contributed by atoms with Crippen molar-refractivity contribution in [3.63, 3.8) is 0 Å². The maximum absolute atomic E-state index is 11.7.